The smallest absolute Gasteiger partial charge is 0.316 e. The fraction of sp³-hybridized carbons (Fsp3) is 0.429. The lowest BCUT2D eigenvalue weighted by molar-refractivity contribution is -0.177. The van der Waals surface area contributed by atoms with Gasteiger partial charge in [0.1, 0.15) is 12.0 Å². The maximum atomic E-state index is 12.2. The first-order chi connectivity index (χ1) is 8.75. The van der Waals surface area contributed by atoms with E-state index in [4.69, 9.17) is 27.9 Å². The van der Waals surface area contributed by atoms with Crippen molar-refractivity contribution in [1.82, 2.24) is 0 Å². The summed E-state index contributed by atoms with van der Waals surface area (Å²) < 4.78 is 5.40. The Kier molecular flexibility index (Phi) is 3.63. The number of rotatable bonds is 1. The van der Waals surface area contributed by atoms with Crippen LogP contribution in [0.5, 0.6) is 0 Å². The Morgan fingerprint density at radius 1 is 1.21 bits per heavy atom. The molecule has 0 radical (unpaired) electrons. The number of hydrogen-bond acceptors (Lipinski definition) is 3. The van der Waals surface area contributed by atoms with Gasteiger partial charge < -0.3 is 4.74 Å². The molecule has 1 fully saturated rings. The largest absolute Gasteiger partial charge is 0.456 e. The molecule has 0 unspecified atom stereocenters. The van der Waals surface area contributed by atoms with Gasteiger partial charge in [0.2, 0.25) is 0 Å². The van der Waals surface area contributed by atoms with Crippen molar-refractivity contribution in [3.05, 3.63) is 33.8 Å². The first-order valence-corrected chi connectivity index (χ1v) is 6.70. The zero-order valence-corrected chi connectivity index (χ0v) is 12.4. The summed E-state index contributed by atoms with van der Waals surface area (Å²) in [5.74, 6) is -1.39. The van der Waals surface area contributed by atoms with E-state index in [2.05, 4.69) is 0 Å². The molecule has 1 saturated heterocycles. The van der Waals surface area contributed by atoms with Crippen LogP contribution in [0.4, 0.5) is 0 Å². The summed E-state index contributed by atoms with van der Waals surface area (Å²) in [5, 5.41) is 0.883. The Morgan fingerprint density at radius 3 is 2.42 bits per heavy atom. The minimum Gasteiger partial charge on any atom is -0.456 e. The normalized spacial score (nSPS) is 26.2. The standard InChI is InChI=1S/C14H14Cl2O3/c1-7-11(17)14(2,3)12(19-13(7)18)9-5-4-8(15)6-10(9)16/h4-7,12H,1-3H3/t7-,12-/m1/s1. The number of ketones is 1. The van der Waals surface area contributed by atoms with Gasteiger partial charge in [-0.1, -0.05) is 29.3 Å². The molecule has 19 heavy (non-hydrogen) atoms. The van der Waals surface area contributed by atoms with Crippen molar-refractivity contribution in [2.24, 2.45) is 11.3 Å². The Labute approximate surface area is 121 Å². The topological polar surface area (TPSA) is 43.4 Å². The van der Waals surface area contributed by atoms with Gasteiger partial charge in [-0.2, -0.15) is 0 Å². The maximum Gasteiger partial charge on any atom is 0.316 e. The van der Waals surface area contributed by atoms with E-state index in [9.17, 15) is 9.59 Å². The summed E-state index contributed by atoms with van der Waals surface area (Å²) in [4.78, 5) is 24.0. The molecule has 0 aliphatic carbocycles. The minimum absolute atomic E-state index is 0.139. The van der Waals surface area contributed by atoms with Crippen LogP contribution in [0.1, 0.15) is 32.4 Å². The molecule has 0 saturated carbocycles. The summed E-state index contributed by atoms with van der Waals surface area (Å²) >= 11 is 12.0. The lowest BCUT2D eigenvalue weighted by atomic mass is 9.73. The minimum atomic E-state index is -0.815. The Hall–Kier alpha value is -1.06. The van der Waals surface area contributed by atoms with E-state index in [-0.39, 0.29) is 5.78 Å². The number of carbonyl (C=O) groups excluding carboxylic acids is 2. The second-order valence-corrected chi connectivity index (χ2v) is 6.13. The highest BCUT2D eigenvalue weighted by molar-refractivity contribution is 6.35. The highest BCUT2D eigenvalue weighted by atomic mass is 35.5. The van der Waals surface area contributed by atoms with Crippen LogP contribution in [0.2, 0.25) is 10.0 Å². The van der Waals surface area contributed by atoms with E-state index in [0.29, 0.717) is 15.6 Å². The van der Waals surface area contributed by atoms with Crippen LogP contribution in [0, 0.1) is 11.3 Å². The zero-order valence-electron chi connectivity index (χ0n) is 10.9. The van der Waals surface area contributed by atoms with Crippen molar-refractivity contribution in [2.75, 3.05) is 0 Å². The summed E-state index contributed by atoms with van der Waals surface area (Å²) in [6, 6.07) is 4.92. The fourth-order valence-electron chi connectivity index (χ4n) is 2.33. The SMILES string of the molecule is C[C@H]1C(=O)O[C@H](c2ccc(Cl)cc2Cl)C(C)(C)C1=O. The number of hydrogen-bond donors (Lipinski definition) is 0. The quantitative estimate of drug-likeness (QED) is 0.585. The summed E-state index contributed by atoms with van der Waals surface area (Å²) in [6.45, 7) is 5.08. The predicted molar refractivity (Wildman–Crippen MR) is 73.2 cm³/mol. The molecule has 1 aliphatic heterocycles. The second-order valence-electron chi connectivity index (χ2n) is 5.29. The van der Waals surface area contributed by atoms with Gasteiger partial charge >= 0.3 is 5.97 Å². The molecule has 0 aromatic heterocycles. The number of ether oxygens (including phenoxy) is 1. The van der Waals surface area contributed by atoms with E-state index in [1.165, 1.54) is 0 Å². The van der Waals surface area contributed by atoms with Crippen LogP contribution in [0.15, 0.2) is 18.2 Å². The van der Waals surface area contributed by atoms with Gasteiger partial charge in [-0.25, -0.2) is 0 Å². The van der Waals surface area contributed by atoms with Crippen molar-refractivity contribution < 1.29 is 14.3 Å². The molecular weight excluding hydrogens is 287 g/mol. The molecule has 0 N–H and O–H groups in total. The van der Waals surface area contributed by atoms with Gasteiger partial charge in [0.25, 0.3) is 0 Å². The van der Waals surface area contributed by atoms with E-state index < -0.39 is 23.4 Å². The van der Waals surface area contributed by atoms with Crippen molar-refractivity contribution in [3.8, 4) is 0 Å². The van der Waals surface area contributed by atoms with Gasteiger partial charge in [0, 0.05) is 15.6 Å². The van der Waals surface area contributed by atoms with Gasteiger partial charge in [-0.05, 0) is 32.9 Å². The Morgan fingerprint density at radius 2 is 1.84 bits per heavy atom. The molecular formula is C14H14Cl2O3. The number of benzene rings is 1. The molecule has 1 heterocycles. The molecule has 0 amide bonds. The van der Waals surface area contributed by atoms with Crippen LogP contribution >= 0.6 is 23.2 Å². The molecule has 2 atom stereocenters. The number of halogens is 2. The van der Waals surface area contributed by atoms with Crippen molar-refractivity contribution in [1.29, 1.82) is 0 Å². The number of cyclic esters (lactones) is 1. The van der Waals surface area contributed by atoms with Crippen LogP contribution in [-0.2, 0) is 14.3 Å². The van der Waals surface area contributed by atoms with Crippen LogP contribution < -0.4 is 0 Å². The third-order valence-corrected chi connectivity index (χ3v) is 4.08. The average molecular weight is 301 g/mol. The van der Waals surface area contributed by atoms with Crippen LogP contribution in [0.25, 0.3) is 0 Å². The van der Waals surface area contributed by atoms with Gasteiger partial charge in [0.15, 0.2) is 5.78 Å². The monoisotopic (exact) mass is 300 g/mol. The first kappa shape index (κ1) is 14.4. The first-order valence-electron chi connectivity index (χ1n) is 5.95. The molecule has 1 aromatic rings. The highest BCUT2D eigenvalue weighted by Gasteiger charge is 2.49. The molecule has 3 nitrogen and oxygen atoms in total. The molecule has 1 aromatic carbocycles. The summed E-state index contributed by atoms with van der Waals surface area (Å²) in [6.07, 6.45) is -0.687. The predicted octanol–water partition coefficient (Wildman–Crippen LogP) is 3.82. The number of Topliss-reactive ketones (excluding diaryl/α,β-unsaturated/α-hetero) is 1. The van der Waals surface area contributed by atoms with Crippen LogP contribution in [0.3, 0.4) is 0 Å². The Balaban J connectivity index is 2.48. The third-order valence-electron chi connectivity index (χ3n) is 3.52. The molecule has 5 heteroatoms. The van der Waals surface area contributed by atoms with E-state index in [1.54, 1.807) is 39.0 Å². The van der Waals surface area contributed by atoms with Crippen LogP contribution in [-0.4, -0.2) is 11.8 Å². The van der Waals surface area contributed by atoms with Crippen molar-refractivity contribution >= 4 is 35.0 Å². The molecule has 1 aliphatic rings. The summed E-state index contributed by atoms with van der Waals surface area (Å²) in [5.41, 5.74) is -0.213. The Bertz CT molecular complexity index is 552. The van der Waals surface area contributed by atoms with E-state index in [0.717, 1.165) is 0 Å². The number of carbonyl (C=O) groups is 2. The second kappa shape index (κ2) is 4.80. The molecule has 0 spiro atoms. The highest BCUT2D eigenvalue weighted by Crippen LogP contribution is 2.45. The maximum absolute atomic E-state index is 12.2. The third kappa shape index (κ3) is 2.37. The fourth-order valence-corrected chi connectivity index (χ4v) is 2.83. The van der Waals surface area contributed by atoms with Crippen molar-refractivity contribution in [3.63, 3.8) is 0 Å². The van der Waals surface area contributed by atoms with E-state index >= 15 is 0 Å². The lowest BCUT2D eigenvalue weighted by Crippen LogP contribution is -2.46. The van der Waals surface area contributed by atoms with Gasteiger partial charge in [-0.15, -0.1) is 0 Å². The van der Waals surface area contributed by atoms with Gasteiger partial charge in [-0.3, -0.25) is 9.59 Å². The molecule has 2 rings (SSSR count). The summed E-state index contributed by atoms with van der Waals surface area (Å²) in [7, 11) is 0. The lowest BCUT2D eigenvalue weighted by Gasteiger charge is -2.39. The van der Waals surface area contributed by atoms with Crippen molar-refractivity contribution in [2.45, 2.75) is 26.9 Å². The van der Waals surface area contributed by atoms with Gasteiger partial charge in [0.05, 0.1) is 5.41 Å². The van der Waals surface area contributed by atoms with E-state index in [1.807, 2.05) is 0 Å². The molecule has 102 valence electrons. The zero-order chi connectivity index (χ0) is 14.4. The molecule has 0 bridgehead atoms. The number of esters is 1. The average Bonchev–Trinajstić information content (AvgIpc) is 2.33.